The molecular formula is C14H15N3O2. The van der Waals surface area contributed by atoms with Crippen molar-refractivity contribution in [1.82, 2.24) is 15.3 Å². The zero-order valence-corrected chi connectivity index (χ0v) is 10.8. The van der Waals surface area contributed by atoms with Crippen molar-refractivity contribution >= 4 is 5.97 Å². The molecule has 5 nitrogen and oxygen atoms in total. The lowest BCUT2D eigenvalue weighted by Crippen LogP contribution is -2.27. The maximum absolute atomic E-state index is 11.1. The standard InChI is InChI=1S/C14H15N3O2/c1-9-8-11(10-6-4-3-5-7-10)17-13(16-9)12(15-2)14(18)19/h3-8,12,15H,1-2H3,(H,18,19). The molecule has 1 atom stereocenters. The number of rotatable bonds is 4. The predicted molar refractivity (Wildman–Crippen MR) is 71.6 cm³/mol. The van der Waals surface area contributed by atoms with Gasteiger partial charge in [0, 0.05) is 11.3 Å². The van der Waals surface area contributed by atoms with E-state index in [2.05, 4.69) is 15.3 Å². The molecule has 1 heterocycles. The fourth-order valence-electron chi connectivity index (χ4n) is 1.84. The van der Waals surface area contributed by atoms with Crippen LogP contribution in [0.5, 0.6) is 0 Å². The topological polar surface area (TPSA) is 75.1 Å². The summed E-state index contributed by atoms with van der Waals surface area (Å²) in [7, 11) is 1.58. The molecule has 1 aromatic heterocycles. The zero-order chi connectivity index (χ0) is 13.8. The predicted octanol–water partition coefficient (Wildman–Crippen LogP) is 1.80. The normalized spacial score (nSPS) is 12.1. The van der Waals surface area contributed by atoms with E-state index in [-0.39, 0.29) is 5.82 Å². The molecule has 98 valence electrons. The SMILES string of the molecule is CNC(C(=O)O)c1nc(C)cc(-c2ccccc2)n1. The smallest absolute Gasteiger partial charge is 0.328 e. The molecule has 2 N–H and O–H groups in total. The summed E-state index contributed by atoms with van der Waals surface area (Å²) >= 11 is 0. The third kappa shape index (κ3) is 2.95. The molecule has 0 aliphatic rings. The van der Waals surface area contributed by atoms with Crippen LogP contribution in [0.1, 0.15) is 17.6 Å². The number of likely N-dealkylation sites (N-methyl/N-ethyl adjacent to an activating group) is 1. The van der Waals surface area contributed by atoms with E-state index in [0.29, 0.717) is 0 Å². The molecule has 2 rings (SSSR count). The Morgan fingerprint density at radius 2 is 1.95 bits per heavy atom. The average Bonchev–Trinajstić information content (AvgIpc) is 2.39. The number of nitrogens with one attached hydrogen (secondary N) is 1. The van der Waals surface area contributed by atoms with Crippen molar-refractivity contribution in [3.63, 3.8) is 0 Å². The third-order valence-corrected chi connectivity index (χ3v) is 2.73. The lowest BCUT2D eigenvalue weighted by molar-refractivity contribution is -0.139. The van der Waals surface area contributed by atoms with E-state index < -0.39 is 12.0 Å². The highest BCUT2D eigenvalue weighted by molar-refractivity contribution is 5.74. The number of carboxylic acid groups (broad SMARTS) is 1. The van der Waals surface area contributed by atoms with Crippen LogP contribution in [0.2, 0.25) is 0 Å². The summed E-state index contributed by atoms with van der Waals surface area (Å²) in [6.07, 6.45) is 0. The molecule has 1 aromatic carbocycles. The Kier molecular flexibility index (Phi) is 3.87. The van der Waals surface area contributed by atoms with Gasteiger partial charge in [0.2, 0.25) is 0 Å². The third-order valence-electron chi connectivity index (χ3n) is 2.73. The van der Waals surface area contributed by atoms with Crippen molar-refractivity contribution in [2.75, 3.05) is 7.05 Å². The molecule has 0 saturated carbocycles. The van der Waals surface area contributed by atoms with E-state index in [9.17, 15) is 4.79 Å². The summed E-state index contributed by atoms with van der Waals surface area (Å²) in [6, 6.07) is 10.6. The van der Waals surface area contributed by atoms with Crippen molar-refractivity contribution in [2.45, 2.75) is 13.0 Å². The summed E-state index contributed by atoms with van der Waals surface area (Å²) in [5.41, 5.74) is 2.41. The summed E-state index contributed by atoms with van der Waals surface area (Å²) in [5, 5.41) is 11.8. The van der Waals surface area contributed by atoms with E-state index >= 15 is 0 Å². The number of carbonyl (C=O) groups is 1. The van der Waals surface area contributed by atoms with Gasteiger partial charge < -0.3 is 10.4 Å². The highest BCUT2D eigenvalue weighted by Gasteiger charge is 2.21. The van der Waals surface area contributed by atoms with Crippen LogP contribution in [0.3, 0.4) is 0 Å². The molecule has 0 fully saturated rings. The minimum absolute atomic E-state index is 0.272. The van der Waals surface area contributed by atoms with Crippen LogP contribution < -0.4 is 5.32 Å². The lowest BCUT2D eigenvalue weighted by atomic mass is 10.1. The van der Waals surface area contributed by atoms with Crippen LogP contribution in [0.4, 0.5) is 0 Å². The van der Waals surface area contributed by atoms with Crippen LogP contribution in [-0.4, -0.2) is 28.1 Å². The summed E-state index contributed by atoms with van der Waals surface area (Å²) in [5.74, 6) is -0.721. The first-order chi connectivity index (χ1) is 9.11. The molecule has 0 radical (unpaired) electrons. The molecule has 0 spiro atoms. The molecular weight excluding hydrogens is 242 g/mol. The number of nitrogens with zero attached hydrogens (tertiary/aromatic N) is 2. The van der Waals surface area contributed by atoms with Gasteiger partial charge >= 0.3 is 5.97 Å². The molecule has 0 saturated heterocycles. The van der Waals surface area contributed by atoms with Gasteiger partial charge in [-0.05, 0) is 20.0 Å². The number of aliphatic carboxylic acids is 1. The van der Waals surface area contributed by atoms with Crippen molar-refractivity contribution in [1.29, 1.82) is 0 Å². The zero-order valence-electron chi connectivity index (χ0n) is 10.8. The van der Waals surface area contributed by atoms with E-state index in [1.807, 2.05) is 43.3 Å². The number of hydrogen-bond donors (Lipinski definition) is 2. The van der Waals surface area contributed by atoms with Gasteiger partial charge in [0.1, 0.15) is 0 Å². The van der Waals surface area contributed by atoms with Gasteiger partial charge in [0.05, 0.1) is 5.69 Å². The molecule has 0 amide bonds. The number of hydrogen-bond acceptors (Lipinski definition) is 4. The van der Waals surface area contributed by atoms with Gasteiger partial charge in [-0.15, -0.1) is 0 Å². The maximum atomic E-state index is 11.1. The first-order valence-electron chi connectivity index (χ1n) is 5.93. The number of benzene rings is 1. The summed E-state index contributed by atoms with van der Waals surface area (Å²) in [6.45, 7) is 1.83. The monoisotopic (exact) mass is 257 g/mol. The Hall–Kier alpha value is -2.27. The second kappa shape index (κ2) is 5.58. The van der Waals surface area contributed by atoms with Gasteiger partial charge in [0.25, 0.3) is 0 Å². The van der Waals surface area contributed by atoms with Gasteiger partial charge in [-0.1, -0.05) is 30.3 Å². The van der Waals surface area contributed by atoms with Gasteiger partial charge in [-0.2, -0.15) is 0 Å². The van der Waals surface area contributed by atoms with E-state index in [1.165, 1.54) is 0 Å². The Balaban J connectivity index is 2.48. The fraction of sp³-hybridized carbons (Fsp3) is 0.214. The largest absolute Gasteiger partial charge is 0.480 e. The summed E-state index contributed by atoms with van der Waals surface area (Å²) < 4.78 is 0. The lowest BCUT2D eigenvalue weighted by Gasteiger charge is -2.12. The van der Waals surface area contributed by atoms with Crippen LogP contribution in [0, 0.1) is 6.92 Å². The molecule has 2 aromatic rings. The quantitative estimate of drug-likeness (QED) is 0.873. The molecule has 19 heavy (non-hydrogen) atoms. The van der Waals surface area contributed by atoms with Gasteiger partial charge in [0.15, 0.2) is 11.9 Å². The van der Waals surface area contributed by atoms with E-state index in [0.717, 1.165) is 17.0 Å². The minimum atomic E-state index is -0.993. The van der Waals surface area contributed by atoms with Crippen molar-refractivity contribution in [3.05, 3.63) is 47.9 Å². The summed E-state index contributed by atoms with van der Waals surface area (Å²) in [4.78, 5) is 19.7. The molecule has 0 aliphatic heterocycles. The Morgan fingerprint density at radius 3 is 2.53 bits per heavy atom. The molecule has 5 heteroatoms. The van der Waals surface area contributed by atoms with E-state index in [1.54, 1.807) is 7.05 Å². The van der Waals surface area contributed by atoms with Crippen molar-refractivity contribution in [2.24, 2.45) is 0 Å². The highest BCUT2D eigenvalue weighted by Crippen LogP contribution is 2.19. The van der Waals surface area contributed by atoms with Gasteiger partial charge in [-0.25, -0.2) is 9.97 Å². The fourth-order valence-corrected chi connectivity index (χ4v) is 1.84. The minimum Gasteiger partial charge on any atom is -0.480 e. The number of carboxylic acids is 1. The van der Waals surface area contributed by atoms with Crippen LogP contribution in [0.15, 0.2) is 36.4 Å². The van der Waals surface area contributed by atoms with Crippen molar-refractivity contribution in [3.8, 4) is 11.3 Å². The first kappa shape index (κ1) is 13.2. The molecule has 0 aliphatic carbocycles. The second-order valence-corrected chi connectivity index (χ2v) is 4.18. The van der Waals surface area contributed by atoms with E-state index in [4.69, 9.17) is 5.11 Å². The Bertz CT molecular complexity index is 584. The molecule has 0 bridgehead atoms. The van der Waals surface area contributed by atoms with Crippen LogP contribution in [-0.2, 0) is 4.79 Å². The highest BCUT2D eigenvalue weighted by atomic mass is 16.4. The van der Waals surface area contributed by atoms with Crippen LogP contribution in [0.25, 0.3) is 11.3 Å². The Labute approximate surface area is 111 Å². The molecule has 1 unspecified atom stereocenters. The Morgan fingerprint density at radius 1 is 1.26 bits per heavy atom. The van der Waals surface area contributed by atoms with Crippen molar-refractivity contribution < 1.29 is 9.90 Å². The number of aryl methyl sites for hydroxylation is 1. The number of aromatic nitrogens is 2. The van der Waals surface area contributed by atoms with Gasteiger partial charge in [-0.3, -0.25) is 4.79 Å². The average molecular weight is 257 g/mol. The van der Waals surface area contributed by atoms with Crippen LogP contribution >= 0.6 is 0 Å². The first-order valence-corrected chi connectivity index (χ1v) is 5.93. The second-order valence-electron chi connectivity index (χ2n) is 4.18. The maximum Gasteiger partial charge on any atom is 0.328 e.